The summed E-state index contributed by atoms with van der Waals surface area (Å²) in [4.78, 5) is 0. The van der Waals surface area contributed by atoms with Crippen molar-refractivity contribution in [2.24, 2.45) is 0 Å². The highest BCUT2D eigenvalue weighted by Crippen LogP contribution is 2.19. The minimum absolute atomic E-state index is 0.0423. The van der Waals surface area contributed by atoms with E-state index in [-0.39, 0.29) is 17.6 Å². The summed E-state index contributed by atoms with van der Waals surface area (Å²) in [6.45, 7) is 2.43. The van der Waals surface area contributed by atoms with Crippen molar-refractivity contribution >= 4 is 0 Å². The predicted molar refractivity (Wildman–Crippen MR) is 75.7 cm³/mol. The molecule has 0 radical (unpaired) electrons. The molecule has 2 aromatic rings. The van der Waals surface area contributed by atoms with Gasteiger partial charge in [-0.15, -0.1) is 0 Å². The van der Waals surface area contributed by atoms with Crippen LogP contribution in [0.25, 0.3) is 0 Å². The molecule has 0 aliphatic rings. The fourth-order valence-electron chi connectivity index (χ4n) is 2.05. The number of nitrogens with one attached hydrogen (secondary N) is 1. The Kier molecular flexibility index (Phi) is 5.09. The van der Waals surface area contributed by atoms with Gasteiger partial charge in [-0.1, -0.05) is 12.1 Å². The van der Waals surface area contributed by atoms with Crippen molar-refractivity contribution in [3.63, 3.8) is 0 Å². The summed E-state index contributed by atoms with van der Waals surface area (Å²) in [5.41, 5.74) is 0.690. The fourth-order valence-corrected chi connectivity index (χ4v) is 2.05. The summed E-state index contributed by atoms with van der Waals surface area (Å²) in [5.74, 6) is 0.642. The van der Waals surface area contributed by atoms with Crippen LogP contribution in [0.15, 0.2) is 40.8 Å². The van der Waals surface area contributed by atoms with Crippen LogP contribution in [0.2, 0.25) is 0 Å². The number of hydrogen-bond donors (Lipinski definition) is 2. The highest BCUT2D eigenvalue weighted by Gasteiger charge is 2.13. The molecule has 5 heteroatoms. The average molecular weight is 288 g/mol. The molecule has 1 aromatic heterocycles. The first-order valence-electron chi connectivity index (χ1n) is 6.74. The van der Waals surface area contributed by atoms with Crippen LogP contribution in [0, 0.1) is 17.1 Å². The predicted octanol–water partition coefficient (Wildman–Crippen LogP) is 2.89. The van der Waals surface area contributed by atoms with E-state index in [9.17, 15) is 9.50 Å². The topological polar surface area (TPSA) is 69.2 Å². The number of aliphatic hydroxyl groups is 1. The lowest BCUT2D eigenvalue weighted by molar-refractivity contribution is 0.153. The minimum atomic E-state index is -0.653. The molecule has 1 heterocycles. The summed E-state index contributed by atoms with van der Waals surface area (Å²) in [6.07, 6.45) is -0.156. The zero-order chi connectivity index (χ0) is 15.2. The third kappa shape index (κ3) is 4.42. The Labute approximate surface area is 122 Å². The highest BCUT2D eigenvalue weighted by molar-refractivity contribution is 5.19. The van der Waals surface area contributed by atoms with Gasteiger partial charge in [0.05, 0.1) is 12.6 Å². The molecule has 0 spiro atoms. The SMILES string of the molecule is CC(CC(O)c1ccc(F)cc1)NCc1ccc(C#N)o1. The number of aliphatic hydroxyl groups excluding tert-OH is 1. The van der Waals surface area contributed by atoms with Gasteiger partial charge in [0.2, 0.25) is 5.76 Å². The highest BCUT2D eigenvalue weighted by atomic mass is 19.1. The second kappa shape index (κ2) is 7.02. The van der Waals surface area contributed by atoms with Crippen LogP contribution in [-0.2, 0) is 6.54 Å². The number of nitrogens with zero attached hydrogens (tertiary/aromatic N) is 1. The van der Waals surface area contributed by atoms with Gasteiger partial charge in [0.15, 0.2) is 0 Å². The monoisotopic (exact) mass is 288 g/mol. The Bertz CT molecular complexity index is 616. The van der Waals surface area contributed by atoms with E-state index in [1.54, 1.807) is 24.3 Å². The van der Waals surface area contributed by atoms with Crippen molar-refractivity contribution < 1.29 is 13.9 Å². The van der Waals surface area contributed by atoms with Crippen LogP contribution in [0.4, 0.5) is 4.39 Å². The van der Waals surface area contributed by atoms with E-state index < -0.39 is 6.10 Å². The maximum atomic E-state index is 12.8. The molecule has 0 saturated carbocycles. The lowest BCUT2D eigenvalue weighted by Crippen LogP contribution is -2.27. The number of halogens is 1. The first kappa shape index (κ1) is 15.2. The van der Waals surface area contributed by atoms with Gasteiger partial charge >= 0.3 is 0 Å². The molecule has 0 aliphatic carbocycles. The number of furan rings is 1. The number of nitriles is 1. The molecule has 2 rings (SSSR count). The Balaban J connectivity index is 1.82. The average Bonchev–Trinajstić information content (AvgIpc) is 2.94. The molecule has 110 valence electrons. The first-order chi connectivity index (χ1) is 10.1. The molecule has 0 aliphatic heterocycles. The number of rotatable bonds is 6. The molecular formula is C16H17FN2O2. The quantitative estimate of drug-likeness (QED) is 0.857. The molecule has 4 nitrogen and oxygen atoms in total. The van der Waals surface area contributed by atoms with Gasteiger partial charge in [-0.25, -0.2) is 4.39 Å². The van der Waals surface area contributed by atoms with Gasteiger partial charge in [-0.2, -0.15) is 5.26 Å². The summed E-state index contributed by atoms with van der Waals surface area (Å²) in [5, 5.41) is 22.0. The number of benzene rings is 1. The maximum Gasteiger partial charge on any atom is 0.203 e. The van der Waals surface area contributed by atoms with Crippen molar-refractivity contribution in [3.05, 3.63) is 59.3 Å². The molecule has 2 unspecified atom stereocenters. The molecule has 0 saturated heterocycles. The molecule has 2 N–H and O–H groups in total. The molecule has 0 fully saturated rings. The van der Waals surface area contributed by atoms with E-state index in [2.05, 4.69) is 5.32 Å². The Hall–Kier alpha value is -2.16. The van der Waals surface area contributed by atoms with Crippen molar-refractivity contribution in [2.45, 2.75) is 32.0 Å². The van der Waals surface area contributed by atoms with Gasteiger partial charge in [0.1, 0.15) is 17.6 Å². The molecule has 21 heavy (non-hydrogen) atoms. The van der Waals surface area contributed by atoms with Gasteiger partial charge in [-0.05, 0) is 43.2 Å². The van der Waals surface area contributed by atoms with Crippen LogP contribution < -0.4 is 5.32 Å². The first-order valence-corrected chi connectivity index (χ1v) is 6.74. The van der Waals surface area contributed by atoms with Crippen LogP contribution in [0.5, 0.6) is 0 Å². The summed E-state index contributed by atoms with van der Waals surface area (Å²) < 4.78 is 18.1. The largest absolute Gasteiger partial charge is 0.449 e. The molecule has 0 bridgehead atoms. The summed E-state index contributed by atoms with van der Waals surface area (Å²) >= 11 is 0. The van der Waals surface area contributed by atoms with Crippen molar-refractivity contribution in [2.75, 3.05) is 0 Å². The van der Waals surface area contributed by atoms with Crippen molar-refractivity contribution in [1.29, 1.82) is 5.26 Å². The van der Waals surface area contributed by atoms with Crippen LogP contribution in [0.3, 0.4) is 0 Å². The lowest BCUT2D eigenvalue weighted by atomic mass is 10.0. The van der Waals surface area contributed by atoms with E-state index in [0.29, 0.717) is 24.3 Å². The standard InChI is InChI=1S/C16H17FN2O2/c1-11(19-10-15-7-6-14(9-18)21-15)8-16(20)12-2-4-13(17)5-3-12/h2-7,11,16,19-20H,8,10H2,1H3. The Morgan fingerprint density at radius 3 is 2.62 bits per heavy atom. The van der Waals surface area contributed by atoms with Crippen molar-refractivity contribution in [1.82, 2.24) is 5.32 Å². The molecule has 1 aromatic carbocycles. The van der Waals surface area contributed by atoms with Gasteiger partial charge < -0.3 is 14.8 Å². The molecule has 0 amide bonds. The van der Waals surface area contributed by atoms with E-state index in [4.69, 9.17) is 9.68 Å². The smallest absolute Gasteiger partial charge is 0.203 e. The third-order valence-electron chi connectivity index (χ3n) is 3.23. The van der Waals surface area contributed by atoms with Crippen LogP contribution >= 0.6 is 0 Å². The second-order valence-electron chi connectivity index (χ2n) is 4.96. The van der Waals surface area contributed by atoms with E-state index >= 15 is 0 Å². The fraction of sp³-hybridized carbons (Fsp3) is 0.312. The van der Waals surface area contributed by atoms with Crippen LogP contribution in [0.1, 0.15) is 36.5 Å². The number of hydrogen-bond acceptors (Lipinski definition) is 4. The molecule has 2 atom stereocenters. The summed E-state index contributed by atoms with van der Waals surface area (Å²) in [7, 11) is 0. The Morgan fingerprint density at radius 2 is 2.00 bits per heavy atom. The lowest BCUT2D eigenvalue weighted by Gasteiger charge is -2.17. The van der Waals surface area contributed by atoms with Crippen LogP contribution in [-0.4, -0.2) is 11.1 Å². The molecular weight excluding hydrogens is 271 g/mol. The maximum absolute atomic E-state index is 12.8. The third-order valence-corrected chi connectivity index (χ3v) is 3.23. The van der Waals surface area contributed by atoms with Gasteiger partial charge in [0.25, 0.3) is 0 Å². The van der Waals surface area contributed by atoms with Gasteiger partial charge in [-0.3, -0.25) is 0 Å². The van der Waals surface area contributed by atoms with E-state index in [1.807, 2.05) is 13.0 Å². The van der Waals surface area contributed by atoms with E-state index in [1.165, 1.54) is 12.1 Å². The normalized spacial score (nSPS) is 13.6. The zero-order valence-electron chi connectivity index (χ0n) is 11.7. The Morgan fingerprint density at radius 1 is 1.29 bits per heavy atom. The minimum Gasteiger partial charge on any atom is -0.449 e. The van der Waals surface area contributed by atoms with Gasteiger partial charge in [0, 0.05) is 6.04 Å². The van der Waals surface area contributed by atoms with E-state index in [0.717, 1.165) is 0 Å². The van der Waals surface area contributed by atoms with Crippen molar-refractivity contribution in [3.8, 4) is 6.07 Å². The second-order valence-corrected chi connectivity index (χ2v) is 4.96. The summed E-state index contributed by atoms with van der Waals surface area (Å²) in [6, 6.07) is 11.2. The zero-order valence-corrected chi connectivity index (χ0v) is 11.7.